The zero-order valence-corrected chi connectivity index (χ0v) is 11.4. The smallest absolute Gasteiger partial charge is 0.182 e. The molecule has 0 spiro atoms. The van der Waals surface area contributed by atoms with Gasteiger partial charge < -0.3 is 0 Å². The average Bonchev–Trinajstić information content (AvgIpc) is 2.76. The lowest BCUT2D eigenvalue weighted by Gasteiger charge is -2.04. The van der Waals surface area contributed by atoms with E-state index >= 15 is 0 Å². The highest BCUT2D eigenvalue weighted by Crippen LogP contribution is 2.22. The molecule has 5 heteroatoms. The Morgan fingerprint density at radius 1 is 1.22 bits per heavy atom. The maximum atomic E-state index is 12.2. The topological polar surface area (TPSA) is 57.9 Å². The number of aryl methyl sites for hydroxylation is 1. The Hall–Kier alpha value is -1.64. The minimum absolute atomic E-state index is 0.123. The maximum Gasteiger partial charge on any atom is 0.182 e. The third-order valence-corrected chi connectivity index (χ3v) is 5.12. The van der Waals surface area contributed by atoms with E-state index in [-0.39, 0.29) is 5.75 Å². The standard InChI is InChI=1S/C13H11NO2S2/c1-10-2-4-12(5-3-10)18(15,16)9-11-6-7-17-13(11)8-14/h2-7H,9H2,1H3. The summed E-state index contributed by atoms with van der Waals surface area (Å²) in [6, 6.07) is 10.4. The van der Waals surface area contributed by atoms with Crippen LogP contribution in [0.25, 0.3) is 0 Å². The molecule has 0 bridgehead atoms. The zero-order chi connectivity index (χ0) is 13.2. The predicted molar refractivity (Wildman–Crippen MR) is 71.1 cm³/mol. The number of nitriles is 1. The molecule has 0 atom stereocenters. The second-order valence-corrected chi connectivity index (χ2v) is 6.86. The van der Waals surface area contributed by atoms with Crippen LogP contribution in [0.1, 0.15) is 16.0 Å². The van der Waals surface area contributed by atoms with E-state index in [1.807, 2.05) is 13.0 Å². The molecule has 3 nitrogen and oxygen atoms in total. The van der Waals surface area contributed by atoms with Gasteiger partial charge in [0.1, 0.15) is 10.9 Å². The first-order valence-electron chi connectivity index (χ1n) is 5.29. The number of rotatable bonds is 3. The predicted octanol–water partition coefficient (Wildman–Crippen LogP) is 2.90. The van der Waals surface area contributed by atoms with Crippen molar-refractivity contribution in [2.75, 3.05) is 0 Å². The lowest BCUT2D eigenvalue weighted by molar-refractivity contribution is 0.595. The van der Waals surface area contributed by atoms with E-state index in [1.165, 1.54) is 11.3 Å². The molecule has 0 fully saturated rings. The van der Waals surface area contributed by atoms with E-state index in [4.69, 9.17) is 5.26 Å². The number of hydrogen-bond acceptors (Lipinski definition) is 4. The highest BCUT2D eigenvalue weighted by atomic mass is 32.2. The fourth-order valence-corrected chi connectivity index (χ4v) is 3.75. The van der Waals surface area contributed by atoms with Crippen LogP contribution in [0.4, 0.5) is 0 Å². The Balaban J connectivity index is 2.34. The van der Waals surface area contributed by atoms with Gasteiger partial charge in [-0.2, -0.15) is 5.26 Å². The lowest BCUT2D eigenvalue weighted by atomic mass is 10.2. The van der Waals surface area contributed by atoms with Gasteiger partial charge in [0.25, 0.3) is 0 Å². The molecule has 1 aromatic carbocycles. The van der Waals surface area contributed by atoms with Crippen molar-refractivity contribution in [2.45, 2.75) is 17.6 Å². The molecule has 0 radical (unpaired) electrons. The van der Waals surface area contributed by atoms with Crippen molar-refractivity contribution in [3.05, 3.63) is 51.7 Å². The van der Waals surface area contributed by atoms with Crippen LogP contribution >= 0.6 is 11.3 Å². The molecule has 2 aromatic rings. The third kappa shape index (κ3) is 2.61. The van der Waals surface area contributed by atoms with Crippen molar-refractivity contribution >= 4 is 21.2 Å². The van der Waals surface area contributed by atoms with Gasteiger partial charge in [-0.05, 0) is 36.1 Å². The van der Waals surface area contributed by atoms with Crippen molar-refractivity contribution in [1.29, 1.82) is 5.26 Å². The summed E-state index contributed by atoms with van der Waals surface area (Å²) in [5.41, 5.74) is 1.59. The monoisotopic (exact) mass is 277 g/mol. The number of benzene rings is 1. The number of nitrogens with zero attached hydrogens (tertiary/aromatic N) is 1. The highest BCUT2D eigenvalue weighted by molar-refractivity contribution is 7.90. The Morgan fingerprint density at radius 2 is 1.89 bits per heavy atom. The average molecular weight is 277 g/mol. The van der Waals surface area contributed by atoms with Gasteiger partial charge in [-0.15, -0.1) is 11.3 Å². The molecule has 1 aromatic heterocycles. The van der Waals surface area contributed by atoms with Crippen LogP contribution in [0.3, 0.4) is 0 Å². The van der Waals surface area contributed by atoms with Crippen molar-refractivity contribution in [3.8, 4) is 6.07 Å². The van der Waals surface area contributed by atoms with E-state index < -0.39 is 9.84 Å². The number of hydrogen-bond donors (Lipinski definition) is 0. The molecule has 18 heavy (non-hydrogen) atoms. The molecule has 92 valence electrons. The van der Waals surface area contributed by atoms with Gasteiger partial charge in [0.15, 0.2) is 9.84 Å². The summed E-state index contributed by atoms with van der Waals surface area (Å²) < 4.78 is 24.3. The Labute approximate surface area is 110 Å². The van der Waals surface area contributed by atoms with Gasteiger partial charge in [0.05, 0.1) is 10.6 Å². The maximum absolute atomic E-state index is 12.2. The molecule has 0 unspecified atom stereocenters. The van der Waals surface area contributed by atoms with Crippen LogP contribution in [0.15, 0.2) is 40.6 Å². The highest BCUT2D eigenvalue weighted by Gasteiger charge is 2.17. The fourth-order valence-electron chi connectivity index (χ4n) is 1.58. The minimum atomic E-state index is -3.38. The summed E-state index contributed by atoms with van der Waals surface area (Å²) in [5.74, 6) is -0.123. The molecule has 1 heterocycles. The van der Waals surface area contributed by atoms with Crippen molar-refractivity contribution in [2.24, 2.45) is 0 Å². The Bertz CT molecular complexity index is 691. The van der Waals surface area contributed by atoms with Gasteiger partial charge >= 0.3 is 0 Å². The number of thiophene rings is 1. The quantitative estimate of drug-likeness (QED) is 0.866. The summed E-state index contributed by atoms with van der Waals surface area (Å²) in [7, 11) is -3.38. The second kappa shape index (κ2) is 4.92. The largest absolute Gasteiger partial charge is 0.223 e. The molecule has 2 rings (SSSR count). The molecular formula is C13H11NO2S2. The van der Waals surface area contributed by atoms with Crippen LogP contribution in [0.5, 0.6) is 0 Å². The molecule has 0 aliphatic rings. The van der Waals surface area contributed by atoms with Gasteiger partial charge in [-0.1, -0.05) is 17.7 Å². The van der Waals surface area contributed by atoms with E-state index in [2.05, 4.69) is 0 Å². The minimum Gasteiger partial charge on any atom is -0.223 e. The Kier molecular flexibility index (Phi) is 3.50. The van der Waals surface area contributed by atoms with E-state index in [0.29, 0.717) is 15.3 Å². The van der Waals surface area contributed by atoms with Crippen LogP contribution in [-0.4, -0.2) is 8.42 Å². The molecule has 0 N–H and O–H groups in total. The molecule has 0 saturated heterocycles. The van der Waals surface area contributed by atoms with E-state index in [0.717, 1.165) is 5.56 Å². The van der Waals surface area contributed by atoms with Gasteiger partial charge in [0, 0.05) is 0 Å². The Morgan fingerprint density at radius 3 is 2.50 bits per heavy atom. The van der Waals surface area contributed by atoms with Crippen molar-refractivity contribution in [3.63, 3.8) is 0 Å². The summed E-state index contributed by atoms with van der Waals surface area (Å²) in [4.78, 5) is 0.758. The van der Waals surface area contributed by atoms with Gasteiger partial charge in [-0.25, -0.2) is 8.42 Å². The fraction of sp³-hybridized carbons (Fsp3) is 0.154. The zero-order valence-electron chi connectivity index (χ0n) is 9.75. The normalized spacial score (nSPS) is 11.1. The first kappa shape index (κ1) is 12.8. The van der Waals surface area contributed by atoms with Gasteiger partial charge in [0.2, 0.25) is 0 Å². The van der Waals surface area contributed by atoms with Crippen LogP contribution < -0.4 is 0 Å². The molecule has 0 aliphatic carbocycles. The molecule has 0 amide bonds. The van der Waals surface area contributed by atoms with Crippen molar-refractivity contribution in [1.82, 2.24) is 0 Å². The SMILES string of the molecule is Cc1ccc(S(=O)(=O)Cc2ccsc2C#N)cc1. The van der Waals surface area contributed by atoms with E-state index in [9.17, 15) is 8.42 Å². The summed E-state index contributed by atoms with van der Waals surface area (Å²) in [6.45, 7) is 1.91. The molecular weight excluding hydrogens is 266 g/mol. The number of sulfone groups is 1. The lowest BCUT2D eigenvalue weighted by Crippen LogP contribution is -2.05. The summed E-state index contributed by atoms with van der Waals surface area (Å²) in [6.07, 6.45) is 0. The molecule has 0 aliphatic heterocycles. The second-order valence-electron chi connectivity index (χ2n) is 3.96. The van der Waals surface area contributed by atoms with Crippen LogP contribution in [0.2, 0.25) is 0 Å². The van der Waals surface area contributed by atoms with Crippen LogP contribution in [0, 0.1) is 18.3 Å². The first-order valence-corrected chi connectivity index (χ1v) is 7.82. The van der Waals surface area contributed by atoms with Gasteiger partial charge in [-0.3, -0.25) is 0 Å². The summed E-state index contributed by atoms with van der Waals surface area (Å²) >= 11 is 1.26. The summed E-state index contributed by atoms with van der Waals surface area (Å²) in [5, 5.41) is 10.6. The van der Waals surface area contributed by atoms with Crippen molar-refractivity contribution < 1.29 is 8.42 Å². The first-order chi connectivity index (χ1) is 8.53. The van der Waals surface area contributed by atoms with Crippen LogP contribution in [-0.2, 0) is 15.6 Å². The molecule has 0 saturated carbocycles. The third-order valence-electron chi connectivity index (χ3n) is 2.57. The van der Waals surface area contributed by atoms with E-state index in [1.54, 1.807) is 35.7 Å².